The van der Waals surface area contributed by atoms with Gasteiger partial charge in [-0.05, 0) is 36.1 Å². The topological polar surface area (TPSA) is 20.3 Å². The molecular formula is C22H25NO. The normalized spacial score (nSPS) is 16.5. The van der Waals surface area contributed by atoms with E-state index in [0.29, 0.717) is 0 Å². The number of rotatable bonds is 4. The Morgan fingerprint density at radius 1 is 1.08 bits per heavy atom. The van der Waals surface area contributed by atoms with Crippen LogP contribution in [0.1, 0.15) is 61.4 Å². The highest BCUT2D eigenvalue weighted by Gasteiger charge is 2.31. The molecule has 1 atom stereocenters. The van der Waals surface area contributed by atoms with Gasteiger partial charge in [-0.15, -0.1) is 0 Å². The van der Waals surface area contributed by atoms with E-state index in [1.807, 2.05) is 4.90 Å². The van der Waals surface area contributed by atoms with Crippen molar-refractivity contribution < 1.29 is 4.79 Å². The largest absolute Gasteiger partial charge is 0.305 e. The summed E-state index contributed by atoms with van der Waals surface area (Å²) >= 11 is 0. The predicted molar refractivity (Wildman–Crippen MR) is 100 cm³/mol. The summed E-state index contributed by atoms with van der Waals surface area (Å²) in [6.07, 6.45) is 5.40. The molecule has 24 heavy (non-hydrogen) atoms. The second-order valence-electron chi connectivity index (χ2n) is 6.57. The van der Waals surface area contributed by atoms with Crippen LogP contribution in [0.15, 0.2) is 48.5 Å². The summed E-state index contributed by atoms with van der Waals surface area (Å²) < 4.78 is 0. The molecule has 1 heterocycles. The van der Waals surface area contributed by atoms with Crippen LogP contribution >= 0.6 is 0 Å². The zero-order valence-corrected chi connectivity index (χ0v) is 14.8. The zero-order chi connectivity index (χ0) is 17.1. The Bertz CT molecular complexity index is 758. The maximum atomic E-state index is 12.5. The second kappa shape index (κ2) is 7.04. The van der Waals surface area contributed by atoms with E-state index in [0.717, 1.165) is 30.5 Å². The average molecular weight is 319 g/mol. The lowest BCUT2D eigenvalue weighted by atomic mass is 9.89. The van der Waals surface area contributed by atoms with Gasteiger partial charge in [-0.1, -0.05) is 73.9 Å². The molecule has 3 rings (SSSR count). The molecule has 0 saturated heterocycles. The van der Waals surface area contributed by atoms with Crippen LogP contribution in [0, 0.1) is 6.92 Å². The van der Waals surface area contributed by atoms with Crippen molar-refractivity contribution in [2.45, 2.75) is 46.1 Å². The van der Waals surface area contributed by atoms with Gasteiger partial charge in [0, 0.05) is 6.92 Å². The number of carbonyl (C=O) groups excluding carboxylic acids is 1. The number of carbonyl (C=O) groups is 1. The molecule has 0 radical (unpaired) electrons. The predicted octanol–water partition coefficient (Wildman–Crippen LogP) is 5.59. The summed E-state index contributed by atoms with van der Waals surface area (Å²) in [5.41, 5.74) is 5.84. The van der Waals surface area contributed by atoms with Gasteiger partial charge >= 0.3 is 0 Å². The SMILES string of the molecule is CCCCC1c2ccccc2C=C(c2ccc(C)cc2)N1C(C)=O. The highest BCUT2D eigenvalue weighted by Crippen LogP contribution is 2.41. The van der Waals surface area contributed by atoms with Gasteiger partial charge in [-0.3, -0.25) is 4.79 Å². The number of hydrogen-bond acceptors (Lipinski definition) is 1. The number of unbranched alkanes of at least 4 members (excludes halogenated alkanes) is 1. The van der Waals surface area contributed by atoms with Gasteiger partial charge in [-0.25, -0.2) is 0 Å². The second-order valence-corrected chi connectivity index (χ2v) is 6.57. The molecule has 1 aliphatic rings. The highest BCUT2D eigenvalue weighted by molar-refractivity contribution is 5.94. The lowest BCUT2D eigenvalue weighted by Crippen LogP contribution is -2.34. The smallest absolute Gasteiger partial charge is 0.224 e. The van der Waals surface area contributed by atoms with Crippen LogP contribution in [0.5, 0.6) is 0 Å². The Balaban J connectivity index is 2.13. The summed E-state index contributed by atoms with van der Waals surface area (Å²) in [4.78, 5) is 14.5. The van der Waals surface area contributed by atoms with Crippen molar-refractivity contribution in [3.8, 4) is 0 Å². The molecule has 1 unspecified atom stereocenters. The Morgan fingerprint density at radius 3 is 2.46 bits per heavy atom. The molecule has 2 aromatic carbocycles. The van der Waals surface area contributed by atoms with Gasteiger partial charge in [0.25, 0.3) is 0 Å². The van der Waals surface area contributed by atoms with Crippen molar-refractivity contribution in [2.24, 2.45) is 0 Å². The van der Waals surface area contributed by atoms with Crippen LogP contribution in [0.2, 0.25) is 0 Å². The van der Waals surface area contributed by atoms with Gasteiger partial charge in [0.15, 0.2) is 0 Å². The standard InChI is InChI=1S/C22H25NO/c1-4-5-10-21-20-9-7-6-8-19(20)15-22(23(21)17(3)24)18-13-11-16(2)12-14-18/h6-9,11-15,21H,4-5,10H2,1-3H3. The monoisotopic (exact) mass is 319 g/mol. The van der Waals surface area contributed by atoms with E-state index < -0.39 is 0 Å². The van der Waals surface area contributed by atoms with E-state index in [1.54, 1.807) is 6.92 Å². The minimum Gasteiger partial charge on any atom is -0.305 e. The Hall–Kier alpha value is -2.35. The molecule has 1 amide bonds. The first kappa shape index (κ1) is 16.5. The molecule has 0 fully saturated rings. The van der Waals surface area contributed by atoms with Crippen molar-refractivity contribution in [1.82, 2.24) is 4.90 Å². The van der Waals surface area contributed by atoms with Crippen molar-refractivity contribution in [2.75, 3.05) is 0 Å². The van der Waals surface area contributed by atoms with Crippen LogP contribution < -0.4 is 0 Å². The number of benzene rings is 2. The number of nitrogens with zero attached hydrogens (tertiary/aromatic N) is 1. The molecule has 124 valence electrons. The Morgan fingerprint density at radius 2 is 1.79 bits per heavy atom. The summed E-state index contributed by atoms with van der Waals surface area (Å²) in [5.74, 6) is 0.109. The summed E-state index contributed by atoms with van der Waals surface area (Å²) in [7, 11) is 0. The molecule has 0 bridgehead atoms. The molecule has 2 heteroatoms. The molecular weight excluding hydrogens is 294 g/mol. The molecule has 0 aromatic heterocycles. The van der Waals surface area contributed by atoms with Crippen molar-refractivity contribution >= 4 is 17.7 Å². The first-order valence-electron chi connectivity index (χ1n) is 8.79. The van der Waals surface area contributed by atoms with Crippen LogP contribution in [-0.4, -0.2) is 10.8 Å². The lowest BCUT2D eigenvalue weighted by Gasteiger charge is -2.38. The quantitative estimate of drug-likeness (QED) is 0.719. The van der Waals surface area contributed by atoms with Gasteiger partial charge in [0.2, 0.25) is 5.91 Å². The lowest BCUT2D eigenvalue weighted by molar-refractivity contribution is -0.127. The molecule has 0 N–H and O–H groups in total. The van der Waals surface area contributed by atoms with Gasteiger partial charge in [-0.2, -0.15) is 0 Å². The minimum atomic E-state index is 0.109. The van der Waals surface area contributed by atoms with E-state index in [1.165, 1.54) is 16.7 Å². The van der Waals surface area contributed by atoms with Crippen molar-refractivity contribution in [1.29, 1.82) is 0 Å². The third-order valence-corrected chi connectivity index (χ3v) is 4.74. The maximum Gasteiger partial charge on any atom is 0.224 e. The van der Waals surface area contributed by atoms with E-state index in [2.05, 4.69) is 68.5 Å². The molecule has 0 aliphatic carbocycles. The molecule has 1 aliphatic heterocycles. The average Bonchev–Trinajstić information content (AvgIpc) is 2.59. The summed E-state index contributed by atoms with van der Waals surface area (Å²) in [5, 5.41) is 0. The maximum absolute atomic E-state index is 12.5. The first-order valence-corrected chi connectivity index (χ1v) is 8.79. The van der Waals surface area contributed by atoms with Gasteiger partial charge in [0.1, 0.15) is 0 Å². The number of fused-ring (bicyclic) bond motifs is 1. The van der Waals surface area contributed by atoms with Crippen molar-refractivity contribution in [3.63, 3.8) is 0 Å². The fraction of sp³-hybridized carbons (Fsp3) is 0.318. The summed E-state index contributed by atoms with van der Waals surface area (Å²) in [6, 6.07) is 17.0. The van der Waals surface area contributed by atoms with E-state index in [4.69, 9.17) is 0 Å². The Labute approximate surface area is 144 Å². The first-order chi connectivity index (χ1) is 11.6. The van der Waals surface area contributed by atoms with Crippen LogP contribution in [0.4, 0.5) is 0 Å². The van der Waals surface area contributed by atoms with E-state index in [-0.39, 0.29) is 11.9 Å². The minimum absolute atomic E-state index is 0.109. The van der Waals surface area contributed by atoms with Crippen LogP contribution in [-0.2, 0) is 4.79 Å². The van der Waals surface area contributed by atoms with Crippen LogP contribution in [0.3, 0.4) is 0 Å². The van der Waals surface area contributed by atoms with Crippen molar-refractivity contribution in [3.05, 3.63) is 70.8 Å². The van der Waals surface area contributed by atoms with E-state index >= 15 is 0 Å². The van der Waals surface area contributed by atoms with Crippen LogP contribution in [0.25, 0.3) is 11.8 Å². The Kier molecular flexibility index (Phi) is 4.84. The number of hydrogen-bond donors (Lipinski definition) is 0. The fourth-order valence-corrected chi connectivity index (χ4v) is 3.49. The molecule has 0 spiro atoms. The van der Waals surface area contributed by atoms with Gasteiger partial charge < -0.3 is 4.90 Å². The molecule has 2 nitrogen and oxygen atoms in total. The molecule has 2 aromatic rings. The number of aryl methyl sites for hydroxylation is 1. The van der Waals surface area contributed by atoms with E-state index in [9.17, 15) is 4.79 Å². The number of amides is 1. The highest BCUT2D eigenvalue weighted by atomic mass is 16.2. The fourth-order valence-electron chi connectivity index (χ4n) is 3.49. The third kappa shape index (κ3) is 3.14. The zero-order valence-electron chi connectivity index (χ0n) is 14.8. The summed E-state index contributed by atoms with van der Waals surface area (Å²) in [6.45, 7) is 5.96. The third-order valence-electron chi connectivity index (χ3n) is 4.74. The van der Waals surface area contributed by atoms with Gasteiger partial charge in [0.05, 0.1) is 11.7 Å². The molecule has 0 saturated carbocycles.